The van der Waals surface area contributed by atoms with Crippen LogP contribution in [0.3, 0.4) is 0 Å². The number of hydrogen-bond acceptors (Lipinski definition) is 6. The van der Waals surface area contributed by atoms with E-state index < -0.39 is 0 Å². The SMILES string of the molecule is COc1cccc(-c2csc(N/N=C/c3cccnc3)n2)c1. The van der Waals surface area contributed by atoms with Crippen molar-refractivity contribution in [3.63, 3.8) is 0 Å². The summed E-state index contributed by atoms with van der Waals surface area (Å²) in [6.07, 6.45) is 5.18. The molecule has 0 fully saturated rings. The van der Waals surface area contributed by atoms with E-state index in [9.17, 15) is 0 Å². The molecule has 0 aliphatic rings. The number of pyridine rings is 1. The number of nitrogens with one attached hydrogen (secondary N) is 1. The van der Waals surface area contributed by atoms with Gasteiger partial charge in [-0.15, -0.1) is 11.3 Å². The Bertz CT molecular complexity index is 771. The molecule has 2 heterocycles. The first-order valence-corrected chi connectivity index (χ1v) is 7.52. The Morgan fingerprint density at radius 2 is 2.23 bits per heavy atom. The fraction of sp³-hybridized carbons (Fsp3) is 0.0625. The van der Waals surface area contributed by atoms with Gasteiger partial charge in [0.25, 0.3) is 0 Å². The van der Waals surface area contributed by atoms with E-state index in [1.54, 1.807) is 25.7 Å². The maximum atomic E-state index is 5.23. The second-order valence-corrected chi connectivity index (χ2v) is 5.28. The van der Waals surface area contributed by atoms with Crippen molar-refractivity contribution >= 4 is 22.7 Å². The Morgan fingerprint density at radius 1 is 1.27 bits per heavy atom. The summed E-state index contributed by atoms with van der Waals surface area (Å²) in [7, 11) is 1.65. The lowest BCUT2D eigenvalue weighted by atomic mass is 10.2. The number of hydrogen-bond donors (Lipinski definition) is 1. The van der Waals surface area contributed by atoms with Gasteiger partial charge in [-0.25, -0.2) is 4.98 Å². The zero-order valence-corrected chi connectivity index (χ0v) is 12.7. The number of aromatic nitrogens is 2. The van der Waals surface area contributed by atoms with Gasteiger partial charge in [-0.3, -0.25) is 10.4 Å². The fourth-order valence-electron chi connectivity index (χ4n) is 1.85. The van der Waals surface area contributed by atoms with Crippen molar-refractivity contribution in [1.29, 1.82) is 0 Å². The van der Waals surface area contributed by atoms with Crippen LogP contribution < -0.4 is 10.2 Å². The van der Waals surface area contributed by atoms with Gasteiger partial charge in [0.2, 0.25) is 5.13 Å². The van der Waals surface area contributed by atoms with Crippen LogP contribution in [0.4, 0.5) is 5.13 Å². The minimum absolute atomic E-state index is 0.734. The highest BCUT2D eigenvalue weighted by atomic mass is 32.1. The van der Waals surface area contributed by atoms with Gasteiger partial charge in [-0.2, -0.15) is 5.10 Å². The molecular weight excluding hydrogens is 296 g/mol. The highest BCUT2D eigenvalue weighted by molar-refractivity contribution is 7.14. The van der Waals surface area contributed by atoms with Gasteiger partial charge in [0.1, 0.15) is 5.75 Å². The van der Waals surface area contributed by atoms with Gasteiger partial charge >= 0.3 is 0 Å². The lowest BCUT2D eigenvalue weighted by Gasteiger charge is -2.01. The predicted octanol–water partition coefficient (Wildman–Crippen LogP) is 3.66. The highest BCUT2D eigenvalue weighted by Crippen LogP contribution is 2.27. The molecule has 5 nitrogen and oxygen atoms in total. The van der Waals surface area contributed by atoms with Gasteiger partial charge < -0.3 is 4.74 Å². The molecule has 6 heteroatoms. The standard InChI is InChI=1S/C16H14N4OS/c1-21-14-6-2-5-13(8-14)15-11-22-16(19-15)20-18-10-12-4-3-7-17-9-12/h2-11H,1H3,(H,19,20)/b18-10+. The molecule has 0 unspecified atom stereocenters. The van der Waals surface area contributed by atoms with Crippen molar-refractivity contribution in [2.24, 2.45) is 5.10 Å². The number of hydrazone groups is 1. The van der Waals surface area contributed by atoms with Crippen LogP contribution in [0.25, 0.3) is 11.3 Å². The van der Waals surface area contributed by atoms with E-state index in [1.165, 1.54) is 11.3 Å². The minimum Gasteiger partial charge on any atom is -0.497 e. The summed E-state index contributed by atoms with van der Waals surface area (Å²) < 4.78 is 5.23. The average Bonchev–Trinajstić information content (AvgIpc) is 3.05. The Balaban J connectivity index is 1.70. The number of benzene rings is 1. The molecule has 110 valence electrons. The van der Waals surface area contributed by atoms with E-state index in [-0.39, 0.29) is 0 Å². The third-order valence-corrected chi connectivity index (χ3v) is 3.67. The van der Waals surface area contributed by atoms with Gasteiger partial charge in [0.15, 0.2) is 0 Å². The summed E-state index contributed by atoms with van der Waals surface area (Å²) in [5.41, 5.74) is 5.77. The quantitative estimate of drug-likeness (QED) is 0.577. The molecule has 0 saturated carbocycles. The lowest BCUT2D eigenvalue weighted by Crippen LogP contribution is -1.90. The number of anilines is 1. The molecule has 0 amide bonds. The zero-order chi connectivity index (χ0) is 15.2. The molecule has 1 aromatic carbocycles. The molecule has 0 saturated heterocycles. The Morgan fingerprint density at radius 3 is 3.05 bits per heavy atom. The van der Waals surface area contributed by atoms with Crippen LogP contribution in [-0.4, -0.2) is 23.3 Å². The van der Waals surface area contributed by atoms with E-state index in [4.69, 9.17) is 4.74 Å². The molecule has 0 radical (unpaired) electrons. The Labute approximate surface area is 132 Å². The topological polar surface area (TPSA) is 59.4 Å². The van der Waals surface area contributed by atoms with Gasteiger partial charge in [0.05, 0.1) is 19.0 Å². The Kier molecular flexibility index (Phi) is 4.41. The molecule has 3 aromatic rings. The first kappa shape index (κ1) is 14.2. The number of ether oxygens (including phenoxy) is 1. The number of thiazole rings is 1. The molecular formula is C16H14N4OS. The summed E-state index contributed by atoms with van der Waals surface area (Å²) in [5.74, 6) is 0.814. The van der Waals surface area contributed by atoms with Crippen LogP contribution >= 0.6 is 11.3 Å². The fourth-order valence-corrected chi connectivity index (χ4v) is 2.52. The van der Waals surface area contributed by atoms with Crippen molar-refractivity contribution in [3.8, 4) is 17.0 Å². The normalized spacial score (nSPS) is 10.8. The third kappa shape index (κ3) is 3.48. The van der Waals surface area contributed by atoms with Crippen LogP contribution in [0.2, 0.25) is 0 Å². The van der Waals surface area contributed by atoms with Crippen LogP contribution in [0.15, 0.2) is 59.3 Å². The molecule has 3 rings (SSSR count). The molecule has 1 N–H and O–H groups in total. The van der Waals surface area contributed by atoms with E-state index in [1.807, 2.05) is 41.8 Å². The average molecular weight is 310 g/mol. The van der Waals surface area contributed by atoms with Gasteiger partial charge in [-0.05, 0) is 18.2 Å². The molecule has 0 atom stereocenters. The summed E-state index contributed by atoms with van der Waals surface area (Å²) in [6.45, 7) is 0. The smallest absolute Gasteiger partial charge is 0.203 e. The van der Waals surface area contributed by atoms with Gasteiger partial charge in [-0.1, -0.05) is 18.2 Å². The van der Waals surface area contributed by atoms with Crippen LogP contribution in [0.1, 0.15) is 5.56 Å². The van der Waals surface area contributed by atoms with E-state index in [0.29, 0.717) is 0 Å². The minimum atomic E-state index is 0.734. The Hall–Kier alpha value is -2.73. The number of methoxy groups -OCH3 is 1. The second-order valence-electron chi connectivity index (χ2n) is 4.43. The van der Waals surface area contributed by atoms with Crippen molar-refractivity contribution in [3.05, 3.63) is 59.7 Å². The van der Waals surface area contributed by atoms with E-state index in [0.717, 1.165) is 27.7 Å². The molecule has 2 aromatic heterocycles. The third-order valence-electron chi connectivity index (χ3n) is 2.93. The maximum Gasteiger partial charge on any atom is 0.203 e. The number of rotatable bonds is 5. The van der Waals surface area contributed by atoms with Crippen molar-refractivity contribution in [1.82, 2.24) is 9.97 Å². The molecule has 0 aliphatic heterocycles. The van der Waals surface area contributed by atoms with Crippen molar-refractivity contribution in [2.45, 2.75) is 0 Å². The first-order chi connectivity index (χ1) is 10.8. The summed E-state index contributed by atoms with van der Waals surface area (Å²) in [5, 5.41) is 6.88. The van der Waals surface area contributed by atoms with Crippen LogP contribution in [-0.2, 0) is 0 Å². The summed E-state index contributed by atoms with van der Waals surface area (Å²) in [4.78, 5) is 8.54. The molecule has 0 bridgehead atoms. The summed E-state index contributed by atoms with van der Waals surface area (Å²) >= 11 is 1.50. The first-order valence-electron chi connectivity index (χ1n) is 6.64. The van der Waals surface area contributed by atoms with Gasteiger partial charge in [0, 0.05) is 28.9 Å². The molecule has 0 spiro atoms. The van der Waals surface area contributed by atoms with E-state index in [2.05, 4.69) is 20.5 Å². The van der Waals surface area contributed by atoms with E-state index >= 15 is 0 Å². The molecule has 0 aliphatic carbocycles. The largest absolute Gasteiger partial charge is 0.497 e. The van der Waals surface area contributed by atoms with Crippen LogP contribution in [0.5, 0.6) is 5.75 Å². The highest BCUT2D eigenvalue weighted by Gasteiger charge is 2.04. The summed E-state index contributed by atoms with van der Waals surface area (Å²) in [6, 6.07) is 11.6. The second kappa shape index (κ2) is 6.82. The lowest BCUT2D eigenvalue weighted by molar-refractivity contribution is 0.415. The maximum absolute atomic E-state index is 5.23. The van der Waals surface area contributed by atoms with Crippen molar-refractivity contribution in [2.75, 3.05) is 12.5 Å². The van der Waals surface area contributed by atoms with Crippen LogP contribution in [0, 0.1) is 0 Å². The zero-order valence-electron chi connectivity index (χ0n) is 11.9. The molecule has 22 heavy (non-hydrogen) atoms. The number of nitrogens with zero attached hydrogens (tertiary/aromatic N) is 3. The van der Waals surface area contributed by atoms with Crippen molar-refractivity contribution < 1.29 is 4.74 Å². The monoisotopic (exact) mass is 310 g/mol. The predicted molar refractivity (Wildman–Crippen MR) is 89.6 cm³/mol.